The molecule has 0 saturated carbocycles. The number of hydrogen-bond acceptors (Lipinski definition) is 4. The Balaban J connectivity index is 1.72. The highest BCUT2D eigenvalue weighted by Gasteiger charge is 2.17. The summed E-state index contributed by atoms with van der Waals surface area (Å²) in [6, 6.07) is 16.6. The van der Waals surface area contributed by atoms with Gasteiger partial charge in [0.15, 0.2) is 6.10 Å². The predicted octanol–water partition coefficient (Wildman–Crippen LogP) is 3.33. The van der Waals surface area contributed by atoms with Crippen LogP contribution in [0.3, 0.4) is 0 Å². The van der Waals surface area contributed by atoms with Crippen LogP contribution >= 0.6 is 0 Å². The quantitative estimate of drug-likeness (QED) is 0.792. The minimum Gasteiger partial charge on any atom is -0.493 e. The summed E-state index contributed by atoms with van der Waals surface area (Å²) in [5.41, 5.74) is 1.77. The molecule has 2 aromatic carbocycles. The van der Waals surface area contributed by atoms with E-state index in [9.17, 15) is 9.59 Å². The van der Waals surface area contributed by atoms with Gasteiger partial charge in [-0.1, -0.05) is 35.9 Å². The lowest BCUT2D eigenvalue weighted by Gasteiger charge is -2.14. The van der Waals surface area contributed by atoms with E-state index < -0.39 is 12.1 Å². The lowest BCUT2D eigenvalue weighted by Crippen LogP contribution is -2.30. The summed E-state index contributed by atoms with van der Waals surface area (Å²) in [6.07, 6.45) is -0.785. The van der Waals surface area contributed by atoms with E-state index in [2.05, 4.69) is 5.32 Å². The van der Waals surface area contributed by atoms with Gasteiger partial charge < -0.3 is 14.8 Å². The first-order chi connectivity index (χ1) is 11.5. The highest BCUT2D eigenvalue weighted by Crippen LogP contribution is 2.11. The van der Waals surface area contributed by atoms with E-state index in [0.717, 1.165) is 5.56 Å². The van der Waals surface area contributed by atoms with E-state index >= 15 is 0 Å². The number of esters is 1. The molecule has 24 heavy (non-hydrogen) atoms. The smallest absolute Gasteiger partial charge is 0.310 e. The largest absolute Gasteiger partial charge is 0.493 e. The molecular formula is C19H21NO4. The fourth-order valence-electron chi connectivity index (χ4n) is 1.96. The van der Waals surface area contributed by atoms with Gasteiger partial charge in [-0.25, -0.2) is 0 Å². The molecule has 0 saturated heterocycles. The van der Waals surface area contributed by atoms with Crippen LogP contribution in [-0.4, -0.2) is 24.6 Å². The van der Waals surface area contributed by atoms with Crippen LogP contribution in [0.4, 0.5) is 5.69 Å². The Labute approximate surface area is 141 Å². The van der Waals surface area contributed by atoms with Crippen LogP contribution in [-0.2, 0) is 14.3 Å². The standard InChI is InChI=1S/C19H21NO4/c1-14-8-10-16(11-9-14)20-19(22)15(2)24-18(21)12-13-23-17-6-4-3-5-7-17/h3-11,15H,12-13H2,1-2H3,(H,20,22)/t15-/m1/s1. The van der Waals surface area contributed by atoms with Crippen molar-refractivity contribution in [1.82, 2.24) is 0 Å². The van der Waals surface area contributed by atoms with Crippen LogP contribution in [0.25, 0.3) is 0 Å². The van der Waals surface area contributed by atoms with E-state index in [-0.39, 0.29) is 18.9 Å². The fourth-order valence-corrected chi connectivity index (χ4v) is 1.96. The second-order valence-corrected chi connectivity index (χ2v) is 5.40. The molecule has 0 aliphatic carbocycles. The summed E-state index contributed by atoms with van der Waals surface area (Å²) in [6.45, 7) is 3.71. The van der Waals surface area contributed by atoms with E-state index in [1.807, 2.05) is 49.4 Å². The van der Waals surface area contributed by atoms with Crippen LogP contribution in [0.1, 0.15) is 18.9 Å². The first kappa shape index (κ1) is 17.5. The number of amides is 1. The SMILES string of the molecule is Cc1ccc(NC(=O)[C@@H](C)OC(=O)CCOc2ccccc2)cc1. The Bertz CT molecular complexity index is 668. The van der Waals surface area contributed by atoms with Gasteiger partial charge in [0.1, 0.15) is 5.75 Å². The van der Waals surface area contributed by atoms with Crippen LogP contribution in [0, 0.1) is 6.92 Å². The normalized spacial score (nSPS) is 11.4. The molecule has 2 rings (SSSR count). The molecule has 0 aliphatic heterocycles. The molecule has 2 aromatic rings. The number of nitrogens with one attached hydrogen (secondary N) is 1. The number of anilines is 1. The number of carbonyl (C=O) groups is 2. The molecule has 0 bridgehead atoms. The molecule has 1 amide bonds. The lowest BCUT2D eigenvalue weighted by atomic mass is 10.2. The maximum absolute atomic E-state index is 12.0. The van der Waals surface area contributed by atoms with Gasteiger partial charge in [0.25, 0.3) is 5.91 Å². The molecule has 5 nitrogen and oxygen atoms in total. The fraction of sp³-hybridized carbons (Fsp3) is 0.263. The van der Waals surface area contributed by atoms with Crippen molar-refractivity contribution in [3.8, 4) is 5.75 Å². The molecular weight excluding hydrogens is 306 g/mol. The first-order valence-electron chi connectivity index (χ1n) is 7.79. The van der Waals surface area contributed by atoms with Gasteiger partial charge in [0.05, 0.1) is 13.0 Å². The number of benzene rings is 2. The number of carbonyl (C=O) groups excluding carboxylic acids is 2. The molecule has 0 aromatic heterocycles. The molecule has 1 atom stereocenters. The predicted molar refractivity (Wildman–Crippen MR) is 91.9 cm³/mol. The minimum atomic E-state index is -0.865. The van der Waals surface area contributed by atoms with Crippen molar-refractivity contribution >= 4 is 17.6 Å². The van der Waals surface area contributed by atoms with Crippen molar-refractivity contribution in [2.45, 2.75) is 26.4 Å². The van der Waals surface area contributed by atoms with Gasteiger partial charge in [-0.05, 0) is 38.1 Å². The summed E-state index contributed by atoms with van der Waals surface area (Å²) in [5.74, 6) is -0.149. The Hall–Kier alpha value is -2.82. The third-order valence-electron chi connectivity index (χ3n) is 3.31. The summed E-state index contributed by atoms with van der Waals surface area (Å²) in [4.78, 5) is 23.8. The molecule has 5 heteroatoms. The highest BCUT2D eigenvalue weighted by atomic mass is 16.5. The monoisotopic (exact) mass is 327 g/mol. The summed E-state index contributed by atoms with van der Waals surface area (Å²) in [5, 5.41) is 2.71. The Morgan fingerprint density at radius 3 is 2.38 bits per heavy atom. The number of aryl methyl sites for hydroxylation is 1. The van der Waals surface area contributed by atoms with E-state index in [1.165, 1.54) is 0 Å². The van der Waals surface area contributed by atoms with Crippen molar-refractivity contribution < 1.29 is 19.1 Å². The average Bonchev–Trinajstić information content (AvgIpc) is 2.58. The summed E-state index contributed by atoms with van der Waals surface area (Å²) >= 11 is 0. The number of rotatable bonds is 7. The van der Waals surface area contributed by atoms with Crippen molar-refractivity contribution in [2.24, 2.45) is 0 Å². The maximum Gasteiger partial charge on any atom is 0.310 e. The topological polar surface area (TPSA) is 64.6 Å². The maximum atomic E-state index is 12.0. The second-order valence-electron chi connectivity index (χ2n) is 5.40. The van der Waals surface area contributed by atoms with Crippen molar-refractivity contribution in [3.63, 3.8) is 0 Å². The molecule has 0 fully saturated rings. The third-order valence-corrected chi connectivity index (χ3v) is 3.31. The van der Waals surface area contributed by atoms with Crippen molar-refractivity contribution in [1.29, 1.82) is 0 Å². The summed E-state index contributed by atoms with van der Waals surface area (Å²) in [7, 11) is 0. The molecule has 0 heterocycles. The lowest BCUT2D eigenvalue weighted by molar-refractivity contribution is -0.153. The first-order valence-corrected chi connectivity index (χ1v) is 7.79. The van der Waals surface area contributed by atoms with Crippen molar-refractivity contribution in [2.75, 3.05) is 11.9 Å². The number of hydrogen-bond donors (Lipinski definition) is 1. The minimum absolute atomic E-state index is 0.0804. The average molecular weight is 327 g/mol. The molecule has 0 radical (unpaired) electrons. The molecule has 0 unspecified atom stereocenters. The van der Waals surface area contributed by atoms with Gasteiger partial charge in [0, 0.05) is 5.69 Å². The van der Waals surface area contributed by atoms with Gasteiger partial charge in [-0.3, -0.25) is 9.59 Å². The van der Waals surface area contributed by atoms with E-state index in [1.54, 1.807) is 19.1 Å². The Morgan fingerprint density at radius 2 is 1.71 bits per heavy atom. The molecule has 0 spiro atoms. The molecule has 126 valence electrons. The van der Waals surface area contributed by atoms with Crippen LogP contribution in [0.2, 0.25) is 0 Å². The van der Waals surface area contributed by atoms with Gasteiger partial charge in [-0.2, -0.15) is 0 Å². The van der Waals surface area contributed by atoms with E-state index in [0.29, 0.717) is 11.4 Å². The zero-order valence-electron chi connectivity index (χ0n) is 13.8. The zero-order valence-corrected chi connectivity index (χ0v) is 13.8. The van der Waals surface area contributed by atoms with E-state index in [4.69, 9.17) is 9.47 Å². The van der Waals surface area contributed by atoms with Crippen LogP contribution < -0.4 is 10.1 Å². The van der Waals surface area contributed by atoms with Crippen LogP contribution in [0.5, 0.6) is 5.75 Å². The highest BCUT2D eigenvalue weighted by molar-refractivity contribution is 5.95. The van der Waals surface area contributed by atoms with Gasteiger partial charge in [-0.15, -0.1) is 0 Å². The third kappa shape index (κ3) is 5.76. The molecule has 0 aliphatic rings. The number of para-hydroxylation sites is 1. The van der Waals surface area contributed by atoms with Gasteiger partial charge >= 0.3 is 5.97 Å². The van der Waals surface area contributed by atoms with Crippen LogP contribution in [0.15, 0.2) is 54.6 Å². The van der Waals surface area contributed by atoms with Crippen molar-refractivity contribution in [3.05, 3.63) is 60.2 Å². The second kappa shape index (κ2) is 8.72. The summed E-state index contributed by atoms with van der Waals surface area (Å²) < 4.78 is 10.5. The molecule has 1 N–H and O–H groups in total. The Kier molecular flexibility index (Phi) is 6.37. The Morgan fingerprint density at radius 1 is 1.04 bits per heavy atom. The van der Waals surface area contributed by atoms with Gasteiger partial charge in [0.2, 0.25) is 0 Å². The zero-order chi connectivity index (χ0) is 17.4. The number of ether oxygens (including phenoxy) is 2.